The number of nitrogens with one attached hydrogen (secondary N) is 1. The first-order valence-electron chi connectivity index (χ1n) is 5.54. The summed E-state index contributed by atoms with van der Waals surface area (Å²) in [5.74, 6) is 0. The molecule has 0 bridgehead atoms. The van der Waals surface area contributed by atoms with Gasteiger partial charge in [0.25, 0.3) is 0 Å². The van der Waals surface area contributed by atoms with Gasteiger partial charge in [-0.1, -0.05) is 24.3 Å². The van der Waals surface area contributed by atoms with E-state index in [2.05, 4.69) is 11.4 Å². The molecule has 1 atom stereocenters. The Hall–Kier alpha value is -1.77. The van der Waals surface area contributed by atoms with Crippen LogP contribution < -0.4 is 5.32 Å². The highest BCUT2D eigenvalue weighted by atomic mass is 16.6. The molecule has 1 aliphatic rings. The Balaban J connectivity index is 1.84. The zero-order valence-corrected chi connectivity index (χ0v) is 9.06. The molecule has 0 aromatic heterocycles. The second-order valence-electron chi connectivity index (χ2n) is 3.79. The number of para-hydroxylation sites is 1. The van der Waals surface area contributed by atoms with Crippen LogP contribution in [0.15, 0.2) is 42.5 Å². The number of benzene rings is 1. The summed E-state index contributed by atoms with van der Waals surface area (Å²) in [5, 5.41) is 2.69. The number of ether oxygens (including phenoxy) is 1. The number of hydrogen-bond acceptors (Lipinski definition) is 2. The Bertz CT molecular complexity index is 373. The van der Waals surface area contributed by atoms with E-state index in [-0.39, 0.29) is 12.2 Å². The maximum absolute atomic E-state index is 11.5. The fraction of sp³-hybridized carbons (Fsp3) is 0.308. The van der Waals surface area contributed by atoms with Crippen LogP contribution in [-0.4, -0.2) is 12.2 Å². The third-order valence-electron chi connectivity index (χ3n) is 2.49. The van der Waals surface area contributed by atoms with Crippen LogP contribution in [0.3, 0.4) is 0 Å². The summed E-state index contributed by atoms with van der Waals surface area (Å²) in [6, 6.07) is 9.31. The molecule has 1 aromatic carbocycles. The molecule has 84 valence electrons. The molecule has 0 aliphatic heterocycles. The highest BCUT2D eigenvalue weighted by Crippen LogP contribution is 2.14. The normalized spacial score (nSPS) is 19.1. The Kier molecular flexibility index (Phi) is 3.59. The van der Waals surface area contributed by atoms with Crippen molar-refractivity contribution in [2.24, 2.45) is 0 Å². The van der Waals surface area contributed by atoms with Crippen molar-refractivity contribution in [2.45, 2.75) is 25.4 Å². The van der Waals surface area contributed by atoms with Gasteiger partial charge >= 0.3 is 6.09 Å². The molecule has 0 spiro atoms. The predicted octanol–water partition coefficient (Wildman–Crippen LogP) is 3.34. The Morgan fingerprint density at radius 3 is 2.81 bits per heavy atom. The van der Waals surface area contributed by atoms with Crippen LogP contribution in [0.2, 0.25) is 0 Å². The number of allylic oxidation sites excluding steroid dienone is 1. The molecule has 1 N–H and O–H groups in total. The zero-order chi connectivity index (χ0) is 11.2. The van der Waals surface area contributed by atoms with E-state index in [1.165, 1.54) is 0 Å². The molecule has 0 saturated carbocycles. The van der Waals surface area contributed by atoms with Gasteiger partial charge in [0.1, 0.15) is 6.10 Å². The van der Waals surface area contributed by atoms with Crippen molar-refractivity contribution in [1.82, 2.24) is 0 Å². The van der Waals surface area contributed by atoms with E-state index in [1.54, 1.807) is 0 Å². The van der Waals surface area contributed by atoms with E-state index in [0.717, 1.165) is 24.9 Å². The van der Waals surface area contributed by atoms with Gasteiger partial charge in [-0.05, 0) is 37.5 Å². The molecule has 2 rings (SSSR count). The second-order valence-corrected chi connectivity index (χ2v) is 3.79. The molecule has 0 radical (unpaired) electrons. The summed E-state index contributed by atoms with van der Waals surface area (Å²) in [4.78, 5) is 11.5. The lowest BCUT2D eigenvalue weighted by Gasteiger charge is -2.17. The average Bonchev–Trinajstić information content (AvgIpc) is 2.31. The summed E-state index contributed by atoms with van der Waals surface area (Å²) < 4.78 is 5.26. The van der Waals surface area contributed by atoms with Gasteiger partial charge in [-0.25, -0.2) is 4.79 Å². The molecular weight excluding hydrogens is 202 g/mol. The van der Waals surface area contributed by atoms with Crippen molar-refractivity contribution < 1.29 is 9.53 Å². The van der Waals surface area contributed by atoms with Crippen molar-refractivity contribution in [1.29, 1.82) is 0 Å². The SMILES string of the molecule is O=C(Nc1ccccc1)OC1C=CCCC1. The lowest BCUT2D eigenvalue weighted by atomic mass is 10.1. The number of anilines is 1. The molecular formula is C13H15NO2. The Morgan fingerprint density at radius 2 is 2.12 bits per heavy atom. The van der Waals surface area contributed by atoms with Crippen molar-refractivity contribution in [2.75, 3.05) is 5.32 Å². The predicted molar refractivity (Wildman–Crippen MR) is 63.3 cm³/mol. The molecule has 1 aromatic rings. The molecule has 1 amide bonds. The molecule has 1 aliphatic carbocycles. The molecule has 16 heavy (non-hydrogen) atoms. The van der Waals surface area contributed by atoms with Crippen LogP contribution in [0.4, 0.5) is 10.5 Å². The van der Waals surface area contributed by atoms with Crippen LogP contribution in [0.5, 0.6) is 0 Å². The van der Waals surface area contributed by atoms with Gasteiger partial charge in [-0.3, -0.25) is 5.32 Å². The van der Waals surface area contributed by atoms with Crippen molar-refractivity contribution in [3.8, 4) is 0 Å². The van der Waals surface area contributed by atoms with Crippen LogP contribution in [-0.2, 0) is 4.74 Å². The molecule has 1 unspecified atom stereocenters. The Labute approximate surface area is 95.1 Å². The lowest BCUT2D eigenvalue weighted by molar-refractivity contribution is 0.126. The molecule has 0 saturated heterocycles. The topological polar surface area (TPSA) is 38.3 Å². The van der Waals surface area contributed by atoms with Crippen molar-refractivity contribution in [3.05, 3.63) is 42.5 Å². The quantitative estimate of drug-likeness (QED) is 0.771. The first-order valence-corrected chi connectivity index (χ1v) is 5.54. The van der Waals surface area contributed by atoms with Crippen molar-refractivity contribution in [3.63, 3.8) is 0 Å². The van der Waals surface area contributed by atoms with Gasteiger partial charge in [0.15, 0.2) is 0 Å². The van der Waals surface area contributed by atoms with Crippen LogP contribution in [0, 0.1) is 0 Å². The van der Waals surface area contributed by atoms with Gasteiger partial charge in [0, 0.05) is 5.69 Å². The fourth-order valence-corrected chi connectivity index (χ4v) is 1.69. The molecule has 0 fully saturated rings. The maximum atomic E-state index is 11.5. The first kappa shape index (κ1) is 10.7. The summed E-state index contributed by atoms with van der Waals surface area (Å²) in [7, 11) is 0. The maximum Gasteiger partial charge on any atom is 0.412 e. The Morgan fingerprint density at radius 1 is 1.31 bits per heavy atom. The van der Waals surface area contributed by atoms with Gasteiger partial charge in [-0.2, -0.15) is 0 Å². The van der Waals surface area contributed by atoms with E-state index in [9.17, 15) is 4.79 Å². The van der Waals surface area contributed by atoms with E-state index in [1.807, 2.05) is 36.4 Å². The van der Waals surface area contributed by atoms with Gasteiger partial charge < -0.3 is 4.74 Å². The molecule has 3 nitrogen and oxygen atoms in total. The first-order chi connectivity index (χ1) is 7.84. The second kappa shape index (κ2) is 5.35. The van der Waals surface area contributed by atoms with Gasteiger partial charge in [0.05, 0.1) is 0 Å². The number of carbonyl (C=O) groups excluding carboxylic acids is 1. The zero-order valence-electron chi connectivity index (χ0n) is 9.06. The van der Waals surface area contributed by atoms with E-state index in [0.29, 0.717) is 0 Å². The number of hydrogen-bond donors (Lipinski definition) is 1. The molecule has 0 heterocycles. The lowest BCUT2D eigenvalue weighted by Crippen LogP contribution is -2.22. The van der Waals surface area contributed by atoms with Crippen LogP contribution in [0.1, 0.15) is 19.3 Å². The summed E-state index contributed by atoms with van der Waals surface area (Å²) in [6.07, 6.45) is 6.64. The number of rotatable bonds is 2. The largest absolute Gasteiger partial charge is 0.442 e. The monoisotopic (exact) mass is 217 g/mol. The summed E-state index contributed by atoms with van der Waals surface area (Å²) >= 11 is 0. The minimum atomic E-state index is -0.386. The number of carbonyl (C=O) groups is 1. The summed E-state index contributed by atoms with van der Waals surface area (Å²) in [6.45, 7) is 0. The molecule has 3 heteroatoms. The number of amides is 1. The van der Waals surface area contributed by atoms with E-state index < -0.39 is 0 Å². The minimum Gasteiger partial charge on any atom is -0.442 e. The van der Waals surface area contributed by atoms with Crippen LogP contribution >= 0.6 is 0 Å². The minimum absolute atomic E-state index is 0.0718. The standard InChI is InChI=1S/C13H15NO2/c15-13(14-11-7-3-1-4-8-11)16-12-9-5-2-6-10-12/h1,3-5,7-9,12H,2,6,10H2,(H,14,15). The van der Waals surface area contributed by atoms with Gasteiger partial charge in [0.2, 0.25) is 0 Å². The van der Waals surface area contributed by atoms with E-state index in [4.69, 9.17) is 4.74 Å². The van der Waals surface area contributed by atoms with Gasteiger partial charge in [-0.15, -0.1) is 0 Å². The average molecular weight is 217 g/mol. The smallest absolute Gasteiger partial charge is 0.412 e. The highest BCUT2D eigenvalue weighted by Gasteiger charge is 2.13. The van der Waals surface area contributed by atoms with E-state index >= 15 is 0 Å². The summed E-state index contributed by atoms with van der Waals surface area (Å²) in [5.41, 5.74) is 0.757. The third kappa shape index (κ3) is 3.12. The fourth-order valence-electron chi connectivity index (χ4n) is 1.69. The van der Waals surface area contributed by atoms with Crippen LogP contribution in [0.25, 0.3) is 0 Å². The van der Waals surface area contributed by atoms with Crippen molar-refractivity contribution >= 4 is 11.8 Å². The highest BCUT2D eigenvalue weighted by molar-refractivity contribution is 5.84. The third-order valence-corrected chi connectivity index (χ3v) is 2.49.